The predicted molar refractivity (Wildman–Crippen MR) is 107 cm³/mol. The molecule has 3 N–H and O–H groups in total. The molecule has 3 aromatic rings. The van der Waals surface area contributed by atoms with Crippen molar-refractivity contribution in [2.75, 3.05) is 0 Å². The summed E-state index contributed by atoms with van der Waals surface area (Å²) in [5, 5.41) is 26.4. The van der Waals surface area contributed by atoms with Crippen molar-refractivity contribution < 1.29 is 48.7 Å². The van der Waals surface area contributed by atoms with Gasteiger partial charge in [-0.3, -0.25) is 4.79 Å². The Morgan fingerprint density at radius 2 is 1.03 bits per heavy atom. The van der Waals surface area contributed by atoms with Gasteiger partial charge in [0.1, 0.15) is 11.5 Å². The molecule has 32 heavy (non-hydrogen) atoms. The van der Waals surface area contributed by atoms with Crippen molar-refractivity contribution in [3.63, 3.8) is 0 Å². The standard InChI is InChI=1S/C22H14O10/c23-19(14-5-10-17(31-21(26)27)18(11-14)32-22(28)29)12-1-6-15(7-2-12)30-16-8-3-13(4-9-16)20(24)25/h1-11H,(H,24,25)(H,26,27)(H,28,29). The van der Waals surface area contributed by atoms with Crippen LogP contribution in [0.2, 0.25) is 0 Å². The molecular weight excluding hydrogens is 424 g/mol. The maximum Gasteiger partial charge on any atom is 0.511 e. The third-order valence-corrected chi connectivity index (χ3v) is 4.05. The summed E-state index contributed by atoms with van der Waals surface area (Å²) in [7, 11) is 0. The Morgan fingerprint density at radius 3 is 1.53 bits per heavy atom. The lowest BCUT2D eigenvalue weighted by molar-refractivity contribution is 0.0696. The minimum absolute atomic E-state index is 0.0388. The largest absolute Gasteiger partial charge is 0.511 e. The van der Waals surface area contributed by atoms with Crippen LogP contribution in [0.15, 0.2) is 66.7 Å². The van der Waals surface area contributed by atoms with Gasteiger partial charge >= 0.3 is 18.3 Å². The highest BCUT2D eigenvalue weighted by Gasteiger charge is 2.17. The zero-order valence-corrected chi connectivity index (χ0v) is 16.1. The fourth-order valence-electron chi connectivity index (χ4n) is 2.64. The van der Waals surface area contributed by atoms with Gasteiger partial charge in [0.15, 0.2) is 17.3 Å². The molecule has 0 bridgehead atoms. The first-order chi connectivity index (χ1) is 15.2. The summed E-state index contributed by atoms with van der Waals surface area (Å²) in [5.41, 5.74) is 0.396. The van der Waals surface area contributed by atoms with Gasteiger partial charge in [0, 0.05) is 11.1 Å². The molecule has 0 unspecified atom stereocenters. The Kier molecular flexibility index (Phi) is 6.35. The van der Waals surface area contributed by atoms with Gasteiger partial charge in [-0.05, 0) is 66.7 Å². The number of ether oxygens (including phenoxy) is 3. The zero-order valence-electron chi connectivity index (χ0n) is 16.1. The molecule has 0 atom stereocenters. The predicted octanol–water partition coefficient (Wildman–Crippen LogP) is 4.52. The summed E-state index contributed by atoms with van der Waals surface area (Å²) in [6.45, 7) is 0. The summed E-state index contributed by atoms with van der Waals surface area (Å²) in [4.78, 5) is 45.2. The van der Waals surface area contributed by atoms with E-state index in [9.17, 15) is 19.2 Å². The van der Waals surface area contributed by atoms with Gasteiger partial charge in [-0.1, -0.05) is 0 Å². The van der Waals surface area contributed by atoms with E-state index in [-0.39, 0.29) is 22.4 Å². The number of carbonyl (C=O) groups is 4. The molecule has 162 valence electrons. The summed E-state index contributed by atoms with van der Waals surface area (Å²) >= 11 is 0. The highest BCUT2D eigenvalue weighted by atomic mass is 16.7. The Balaban J connectivity index is 1.78. The highest BCUT2D eigenvalue weighted by molar-refractivity contribution is 6.09. The molecule has 10 heteroatoms. The van der Waals surface area contributed by atoms with Crippen LogP contribution in [-0.4, -0.2) is 39.4 Å². The summed E-state index contributed by atoms with van der Waals surface area (Å²) < 4.78 is 14.6. The van der Waals surface area contributed by atoms with E-state index in [2.05, 4.69) is 9.47 Å². The van der Waals surface area contributed by atoms with Gasteiger partial charge in [-0.25, -0.2) is 14.4 Å². The van der Waals surface area contributed by atoms with Crippen molar-refractivity contribution in [1.29, 1.82) is 0 Å². The second-order valence-corrected chi connectivity index (χ2v) is 6.18. The van der Waals surface area contributed by atoms with E-state index < -0.39 is 29.8 Å². The number of benzene rings is 3. The second kappa shape index (κ2) is 9.30. The first kappa shape index (κ1) is 21.8. The third-order valence-electron chi connectivity index (χ3n) is 4.05. The van der Waals surface area contributed by atoms with Crippen molar-refractivity contribution in [3.05, 3.63) is 83.4 Å². The van der Waals surface area contributed by atoms with Gasteiger partial charge in [-0.2, -0.15) is 0 Å². The van der Waals surface area contributed by atoms with E-state index in [0.717, 1.165) is 12.1 Å². The molecule has 0 fully saturated rings. The molecule has 0 saturated carbocycles. The Labute approximate surface area is 179 Å². The number of carboxylic acids is 1. The summed E-state index contributed by atoms with van der Waals surface area (Å²) in [5.74, 6) is -1.58. The molecule has 0 radical (unpaired) electrons. The lowest BCUT2D eigenvalue weighted by atomic mass is 10.0. The minimum Gasteiger partial charge on any atom is -0.478 e. The van der Waals surface area contributed by atoms with Crippen molar-refractivity contribution >= 4 is 24.1 Å². The second-order valence-electron chi connectivity index (χ2n) is 6.18. The quantitative estimate of drug-likeness (QED) is 0.272. The van der Waals surface area contributed by atoms with Gasteiger partial charge in [0.05, 0.1) is 5.56 Å². The van der Waals surface area contributed by atoms with Crippen LogP contribution in [0.3, 0.4) is 0 Å². The average Bonchev–Trinajstić information content (AvgIpc) is 2.75. The fraction of sp³-hybridized carbons (Fsp3) is 0. The number of carbonyl (C=O) groups excluding carboxylic acids is 1. The van der Waals surface area contributed by atoms with Crippen molar-refractivity contribution in [2.24, 2.45) is 0 Å². The SMILES string of the molecule is O=C(O)Oc1ccc(C(=O)c2ccc(Oc3ccc(C(=O)O)cc3)cc2)cc1OC(=O)O. The average molecular weight is 438 g/mol. The molecular formula is C22H14O10. The van der Waals surface area contributed by atoms with E-state index in [0.29, 0.717) is 11.5 Å². The number of rotatable bonds is 7. The molecule has 0 saturated heterocycles. The van der Waals surface area contributed by atoms with Crippen molar-refractivity contribution in [3.8, 4) is 23.0 Å². The fourth-order valence-corrected chi connectivity index (χ4v) is 2.64. The van der Waals surface area contributed by atoms with Crippen LogP contribution in [0.1, 0.15) is 26.3 Å². The maximum atomic E-state index is 12.7. The van der Waals surface area contributed by atoms with Crippen LogP contribution >= 0.6 is 0 Å². The van der Waals surface area contributed by atoms with E-state index >= 15 is 0 Å². The Hall–Kier alpha value is -4.86. The number of hydrogen-bond acceptors (Lipinski definition) is 7. The highest BCUT2D eigenvalue weighted by Crippen LogP contribution is 2.30. The Morgan fingerprint density at radius 1 is 0.562 bits per heavy atom. The number of aromatic carboxylic acids is 1. The summed E-state index contributed by atoms with van der Waals surface area (Å²) in [6, 6.07) is 15.2. The molecule has 0 amide bonds. The first-order valence-electron chi connectivity index (χ1n) is 8.84. The Bertz CT molecular complexity index is 1180. The van der Waals surface area contributed by atoms with Crippen LogP contribution < -0.4 is 14.2 Å². The molecule has 0 aliphatic carbocycles. The van der Waals surface area contributed by atoms with Crippen LogP contribution in [0.5, 0.6) is 23.0 Å². The smallest absolute Gasteiger partial charge is 0.478 e. The normalized spacial score (nSPS) is 10.1. The van der Waals surface area contributed by atoms with E-state index in [1.54, 1.807) is 0 Å². The zero-order chi connectivity index (χ0) is 23.3. The maximum absolute atomic E-state index is 12.7. The molecule has 0 heterocycles. The van der Waals surface area contributed by atoms with Crippen LogP contribution in [0, 0.1) is 0 Å². The molecule has 3 rings (SSSR count). The number of carboxylic acid groups (broad SMARTS) is 3. The topological polar surface area (TPSA) is 157 Å². The lowest BCUT2D eigenvalue weighted by Crippen LogP contribution is -2.10. The monoisotopic (exact) mass is 438 g/mol. The van der Waals surface area contributed by atoms with Crippen LogP contribution in [0.4, 0.5) is 9.59 Å². The molecule has 3 aromatic carbocycles. The molecule has 10 nitrogen and oxygen atoms in total. The van der Waals surface area contributed by atoms with Crippen LogP contribution in [0.25, 0.3) is 0 Å². The number of ketones is 1. The summed E-state index contributed by atoms with van der Waals surface area (Å²) in [6.07, 6.45) is -3.38. The van der Waals surface area contributed by atoms with Gasteiger partial charge in [0.2, 0.25) is 0 Å². The lowest BCUT2D eigenvalue weighted by Gasteiger charge is -2.10. The first-order valence-corrected chi connectivity index (χ1v) is 8.84. The van der Waals surface area contributed by atoms with E-state index in [1.807, 2.05) is 0 Å². The molecule has 0 aromatic heterocycles. The molecule has 0 spiro atoms. The van der Waals surface area contributed by atoms with E-state index in [4.69, 9.17) is 20.1 Å². The van der Waals surface area contributed by atoms with Crippen molar-refractivity contribution in [1.82, 2.24) is 0 Å². The van der Waals surface area contributed by atoms with Gasteiger partial charge < -0.3 is 29.5 Å². The van der Waals surface area contributed by atoms with Crippen LogP contribution in [-0.2, 0) is 0 Å². The molecule has 0 aliphatic rings. The van der Waals surface area contributed by atoms with E-state index in [1.165, 1.54) is 54.6 Å². The van der Waals surface area contributed by atoms with Crippen molar-refractivity contribution in [2.45, 2.75) is 0 Å². The van der Waals surface area contributed by atoms with Gasteiger partial charge in [0.25, 0.3) is 0 Å². The van der Waals surface area contributed by atoms with Gasteiger partial charge in [-0.15, -0.1) is 0 Å². The molecule has 0 aliphatic heterocycles. The third kappa shape index (κ3) is 5.39. The number of hydrogen-bond donors (Lipinski definition) is 3. The minimum atomic E-state index is -1.71.